The number of thiophene rings is 1. The van der Waals surface area contributed by atoms with Crippen LogP contribution in [0.5, 0.6) is 0 Å². The summed E-state index contributed by atoms with van der Waals surface area (Å²) in [5.41, 5.74) is -4.93. The fourth-order valence-electron chi connectivity index (χ4n) is 1.51. The van der Waals surface area contributed by atoms with Crippen LogP contribution in [-0.2, 0) is 14.7 Å². The molecular weight excluding hydrogens is 243 g/mol. The van der Waals surface area contributed by atoms with E-state index in [1.807, 2.05) is 0 Å². The fraction of sp³-hybridized carbons (Fsp3) is 0.714. The molecule has 1 aliphatic rings. The summed E-state index contributed by atoms with van der Waals surface area (Å²) in [6.45, 7) is -3.47. The van der Waals surface area contributed by atoms with E-state index in [1.165, 1.54) is 0 Å². The van der Waals surface area contributed by atoms with Crippen LogP contribution in [0.1, 0.15) is 68.2 Å². The Hall–Kier alpha value is -0.315. The van der Waals surface area contributed by atoms with Crippen LogP contribution in [0.2, 0.25) is 0 Å². The van der Waals surface area contributed by atoms with Gasteiger partial charge in [0.1, 0.15) is 0 Å². The van der Waals surface area contributed by atoms with E-state index in [0.29, 0.717) is 11.3 Å². The summed E-state index contributed by atoms with van der Waals surface area (Å²) < 4.78 is 98.4. The monoisotopic (exact) mass is 277 g/mol. The molecule has 0 atom stereocenters. The van der Waals surface area contributed by atoms with E-state index in [1.54, 1.807) is 27.7 Å². The van der Waals surface area contributed by atoms with Gasteiger partial charge in [-0.3, -0.25) is 0 Å². The molecule has 18 heavy (non-hydrogen) atoms. The Balaban J connectivity index is 2.80. The van der Waals surface area contributed by atoms with E-state index in [2.05, 4.69) is 0 Å². The highest BCUT2D eigenvalue weighted by atomic mass is 32.1. The van der Waals surface area contributed by atoms with E-state index in [4.69, 9.17) is 24.4 Å². The van der Waals surface area contributed by atoms with Crippen LogP contribution in [0.25, 0.3) is 0 Å². The highest BCUT2D eigenvalue weighted by molar-refractivity contribution is 7.22. The highest BCUT2D eigenvalue weighted by Gasteiger charge is 2.52. The van der Waals surface area contributed by atoms with Crippen LogP contribution in [0, 0.1) is 0 Å². The quantitative estimate of drug-likeness (QED) is 0.733. The molecule has 100 valence electrons. The molecular formula is C14H23BO2S. The zero-order valence-electron chi connectivity index (χ0n) is 21.8. The number of hydrogen-bond donors (Lipinski definition) is 0. The minimum atomic E-state index is -3.50. The van der Waals surface area contributed by atoms with Gasteiger partial charge in [0.05, 0.1) is 13.9 Å². The SMILES string of the molecule is [2H]c1c(B2OC(C)(C)C(C)(C)O2)sc(C(C([2H])([2H])[2H])(C([2H])([2H])[2H])C([2H])([2H])[2H])c1[2H]. The Morgan fingerprint density at radius 3 is 2.22 bits per heavy atom. The van der Waals surface area contributed by atoms with E-state index in [0.717, 1.165) is 0 Å². The van der Waals surface area contributed by atoms with Crippen LogP contribution in [0.3, 0.4) is 0 Å². The third-order valence-electron chi connectivity index (χ3n) is 3.32. The third kappa shape index (κ3) is 2.38. The normalized spacial score (nSPS) is 33.6. The van der Waals surface area contributed by atoms with E-state index >= 15 is 0 Å². The third-order valence-corrected chi connectivity index (χ3v) is 4.45. The van der Waals surface area contributed by atoms with Crippen molar-refractivity contribution in [3.05, 3.63) is 17.0 Å². The standard InChI is InChI=1S/C14H23BO2S/c1-12(2,3)10-8-9-11(18-10)15-16-13(4,5)14(6,7)17-15/h8-9H,1-7H3/i1D3,2D3,3D3,8D,9D. The summed E-state index contributed by atoms with van der Waals surface area (Å²) in [7, 11) is -1.15. The van der Waals surface area contributed by atoms with Gasteiger partial charge < -0.3 is 9.31 Å². The number of rotatable bonds is 1. The molecule has 1 saturated heterocycles. The lowest BCUT2D eigenvalue weighted by Gasteiger charge is -2.32. The Bertz CT molecular complexity index is 739. The molecule has 0 unspecified atom stereocenters. The van der Waals surface area contributed by atoms with Crippen LogP contribution in [-0.4, -0.2) is 18.3 Å². The summed E-state index contributed by atoms with van der Waals surface area (Å²) in [6.07, 6.45) is 0. The predicted octanol–water partition coefficient (Wildman–Crippen LogP) is 3.34. The summed E-state index contributed by atoms with van der Waals surface area (Å²) >= 11 is 0.467. The second kappa shape index (κ2) is 4.09. The second-order valence-corrected chi connectivity index (χ2v) is 6.44. The van der Waals surface area contributed by atoms with Crippen molar-refractivity contribution in [1.29, 1.82) is 0 Å². The van der Waals surface area contributed by atoms with Gasteiger partial charge in [-0.2, -0.15) is 0 Å². The molecule has 0 N–H and O–H groups in total. The fourth-order valence-corrected chi connectivity index (χ4v) is 2.28. The molecule has 1 aromatic rings. The molecule has 2 heterocycles. The van der Waals surface area contributed by atoms with Crippen LogP contribution in [0.4, 0.5) is 0 Å². The van der Waals surface area contributed by atoms with Gasteiger partial charge in [0.2, 0.25) is 0 Å². The van der Waals surface area contributed by atoms with E-state index < -0.39 is 61.3 Å². The van der Waals surface area contributed by atoms with Gasteiger partial charge in [-0.25, -0.2) is 0 Å². The first kappa shape index (κ1) is 5.59. The smallest absolute Gasteiger partial charge is 0.399 e. The Morgan fingerprint density at radius 1 is 1.17 bits per heavy atom. The van der Waals surface area contributed by atoms with Crippen molar-refractivity contribution in [1.82, 2.24) is 0 Å². The predicted molar refractivity (Wildman–Crippen MR) is 78.7 cm³/mol. The first-order valence-corrected chi connectivity index (χ1v) is 6.39. The van der Waals surface area contributed by atoms with Gasteiger partial charge >= 0.3 is 7.12 Å². The Kier molecular flexibility index (Phi) is 1.27. The molecule has 1 aliphatic heterocycles. The maximum atomic E-state index is 8.25. The second-order valence-electron chi connectivity index (χ2n) is 5.38. The van der Waals surface area contributed by atoms with Crippen molar-refractivity contribution < 1.29 is 24.4 Å². The molecule has 2 nitrogen and oxygen atoms in total. The maximum Gasteiger partial charge on any atom is 0.505 e. The van der Waals surface area contributed by atoms with E-state index in [-0.39, 0.29) is 4.78 Å². The average molecular weight is 277 g/mol. The lowest BCUT2D eigenvalue weighted by Crippen LogP contribution is -2.41. The maximum absolute atomic E-state index is 8.25. The molecule has 0 spiro atoms. The van der Waals surface area contributed by atoms with Gasteiger partial charge in [0.25, 0.3) is 0 Å². The first-order valence-electron chi connectivity index (χ1n) is 11.1. The number of hydrogen-bond acceptors (Lipinski definition) is 3. The lowest BCUT2D eigenvalue weighted by molar-refractivity contribution is 0.00578. The molecule has 0 bridgehead atoms. The molecule has 2 rings (SSSR count). The molecule has 0 aliphatic carbocycles. The summed E-state index contributed by atoms with van der Waals surface area (Å²) in [4.78, 5) is -0.716. The molecule has 1 aromatic heterocycles. The van der Waals surface area contributed by atoms with E-state index in [9.17, 15) is 0 Å². The molecule has 4 heteroatoms. The Labute approximate surface area is 130 Å². The topological polar surface area (TPSA) is 18.5 Å². The van der Waals surface area contributed by atoms with Crippen molar-refractivity contribution >= 4 is 23.2 Å². The molecule has 1 fully saturated rings. The minimum Gasteiger partial charge on any atom is -0.399 e. The minimum absolute atomic E-state index is 0.0363. The molecule has 0 saturated carbocycles. The molecule has 0 aromatic carbocycles. The van der Waals surface area contributed by atoms with Crippen molar-refractivity contribution in [3.8, 4) is 0 Å². The zero-order chi connectivity index (χ0) is 23.0. The Morgan fingerprint density at radius 2 is 1.72 bits per heavy atom. The zero-order valence-corrected chi connectivity index (χ0v) is 11.6. The lowest BCUT2D eigenvalue weighted by atomic mass is 9.88. The summed E-state index contributed by atoms with van der Waals surface area (Å²) in [5.74, 6) is 0. The molecule has 0 amide bonds. The van der Waals surface area contributed by atoms with Crippen LogP contribution >= 0.6 is 11.3 Å². The van der Waals surface area contributed by atoms with Crippen LogP contribution in [0.15, 0.2) is 12.1 Å². The van der Waals surface area contributed by atoms with Gasteiger partial charge in [-0.1, -0.05) is 26.6 Å². The summed E-state index contributed by atoms with van der Waals surface area (Å²) in [5, 5.41) is 0. The largest absolute Gasteiger partial charge is 0.505 e. The molecule has 0 radical (unpaired) electrons. The summed E-state index contributed by atoms with van der Waals surface area (Å²) in [6, 6.07) is -1.27. The van der Waals surface area contributed by atoms with Gasteiger partial charge in [0.15, 0.2) is 0 Å². The van der Waals surface area contributed by atoms with Crippen molar-refractivity contribution in [2.24, 2.45) is 0 Å². The first-order chi connectivity index (χ1) is 12.6. The van der Waals surface area contributed by atoms with Gasteiger partial charge in [-0.05, 0) is 39.2 Å². The van der Waals surface area contributed by atoms with Crippen molar-refractivity contribution in [2.75, 3.05) is 0 Å². The van der Waals surface area contributed by atoms with Gasteiger partial charge in [0, 0.05) is 22.0 Å². The highest BCUT2D eigenvalue weighted by Crippen LogP contribution is 2.37. The average Bonchev–Trinajstić information content (AvgIpc) is 2.82. The van der Waals surface area contributed by atoms with Crippen LogP contribution < -0.4 is 4.78 Å². The van der Waals surface area contributed by atoms with Crippen molar-refractivity contribution in [3.63, 3.8) is 0 Å². The van der Waals surface area contributed by atoms with Gasteiger partial charge in [-0.15, -0.1) is 11.3 Å². The van der Waals surface area contributed by atoms with Crippen molar-refractivity contribution in [2.45, 2.75) is 64.9 Å².